The van der Waals surface area contributed by atoms with E-state index in [2.05, 4.69) is 10.6 Å². The highest BCUT2D eigenvalue weighted by atomic mass is 35.5. The van der Waals surface area contributed by atoms with Crippen LogP contribution < -0.4 is 20.1 Å². The van der Waals surface area contributed by atoms with Crippen molar-refractivity contribution in [3.05, 3.63) is 58.1 Å². The summed E-state index contributed by atoms with van der Waals surface area (Å²) in [5.41, 5.74) is 2.46. The molecule has 2 aromatic carbocycles. The second-order valence-corrected chi connectivity index (χ2v) is 6.44. The van der Waals surface area contributed by atoms with Crippen molar-refractivity contribution in [3.63, 3.8) is 0 Å². The predicted octanol–water partition coefficient (Wildman–Crippen LogP) is 2.89. The summed E-state index contributed by atoms with van der Waals surface area (Å²) in [5, 5.41) is 5.85. The second-order valence-electron chi connectivity index (χ2n) is 6.01. The average Bonchev–Trinajstić information content (AvgIpc) is 2.64. The Hall–Kier alpha value is -2.73. The molecule has 0 spiro atoms. The molecule has 0 atom stereocenters. The van der Waals surface area contributed by atoms with Crippen LogP contribution in [-0.2, 0) is 4.79 Å². The fourth-order valence-electron chi connectivity index (χ4n) is 2.49. The van der Waals surface area contributed by atoms with Gasteiger partial charge in [-0.1, -0.05) is 29.3 Å². The van der Waals surface area contributed by atoms with Crippen molar-refractivity contribution in [2.24, 2.45) is 0 Å². The van der Waals surface area contributed by atoms with Crippen LogP contribution in [0.3, 0.4) is 0 Å². The van der Waals surface area contributed by atoms with E-state index in [0.29, 0.717) is 22.1 Å². The number of aryl methyl sites for hydroxylation is 2. The van der Waals surface area contributed by atoms with E-state index in [1.165, 1.54) is 13.2 Å². The molecule has 0 aliphatic carbocycles. The van der Waals surface area contributed by atoms with E-state index in [4.69, 9.17) is 21.1 Å². The summed E-state index contributed by atoms with van der Waals surface area (Å²) in [6.07, 6.45) is 0. The fourth-order valence-corrected chi connectivity index (χ4v) is 2.66. The number of rotatable bonds is 8. The van der Waals surface area contributed by atoms with Gasteiger partial charge < -0.3 is 20.1 Å². The summed E-state index contributed by atoms with van der Waals surface area (Å²) in [7, 11) is 1.48. The number of carbonyl (C=O) groups excluding carboxylic acids is 2. The van der Waals surface area contributed by atoms with E-state index >= 15 is 0 Å². The van der Waals surface area contributed by atoms with Gasteiger partial charge in [-0.15, -0.1) is 0 Å². The zero-order valence-corrected chi connectivity index (χ0v) is 16.4. The van der Waals surface area contributed by atoms with Crippen molar-refractivity contribution < 1.29 is 19.1 Å². The van der Waals surface area contributed by atoms with Gasteiger partial charge in [0.15, 0.2) is 6.61 Å². The molecule has 0 radical (unpaired) electrons. The summed E-state index contributed by atoms with van der Waals surface area (Å²) >= 11 is 5.92. The summed E-state index contributed by atoms with van der Waals surface area (Å²) in [6.45, 7) is 4.39. The van der Waals surface area contributed by atoms with Crippen LogP contribution >= 0.6 is 11.6 Å². The van der Waals surface area contributed by atoms with Crippen LogP contribution in [0.25, 0.3) is 0 Å². The molecule has 27 heavy (non-hydrogen) atoms. The highest BCUT2D eigenvalue weighted by molar-refractivity contribution is 6.31. The fraction of sp³-hybridized carbons (Fsp3) is 0.300. The van der Waals surface area contributed by atoms with Crippen molar-refractivity contribution in [2.45, 2.75) is 13.8 Å². The maximum atomic E-state index is 12.2. The van der Waals surface area contributed by atoms with Crippen molar-refractivity contribution in [3.8, 4) is 11.5 Å². The third-order valence-corrected chi connectivity index (χ3v) is 4.06. The first-order valence-electron chi connectivity index (χ1n) is 8.49. The minimum Gasteiger partial charge on any atom is -0.496 e. The van der Waals surface area contributed by atoms with Gasteiger partial charge >= 0.3 is 0 Å². The zero-order chi connectivity index (χ0) is 19.8. The maximum absolute atomic E-state index is 12.2. The number of nitrogens with one attached hydrogen (secondary N) is 2. The Balaban J connectivity index is 1.74. The first kappa shape index (κ1) is 20.6. The van der Waals surface area contributed by atoms with Gasteiger partial charge in [0, 0.05) is 18.1 Å². The van der Waals surface area contributed by atoms with Gasteiger partial charge in [-0.2, -0.15) is 0 Å². The Labute approximate surface area is 163 Å². The van der Waals surface area contributed by atoms with Crippen LogP contribution in [0.2, 0.25) is 5.02 Å². The third-order valence-electron chi connectivity index (χ3n) is 3.83. The molecule has 2 amide bonds. The Kier molecular flexibility index (Phi) is 7.49. The van der Waals surface area contributed by atoms with Gasteiger partial charge in [-0.3, -0.25) is 9.59 Å². The lowest BCUT2D eigenvalue weighted by molar-refractivity contribution is -0.123. The topological polar surface area (TPSA) is 76.7 Å². The first-order chi connectivity index (χ1) is 12.9. The molecule has 0 fully saturated rings. The average molecular weight is 391 g/mol. The molecule has 144 valence electrons. The maximum Gasteiger partial charge on any atom is 0.258 e. The van der Waals surface area contributed by atoms with Crippen molar-refractivity contribution in [2.75, 3.05) is 26.8 Å². The summed E-state index contributed by atoms with van der Waals surface area (Å²) < 4.78 is 10.7. The van der Waals surface area contributed by atoms with Crippen LogP contribution in [-0.4, -0.2) is 38.6 Å². The van der Waals surface area contributed by atoms with Crippen LogP contribution in [0.1, 0.15) is 21.5 Å². The molecule has 2 rings (SSSR count). The van der Waals surface area contributed by atoms with Gasteiger partial charge in [0.05, 0.1) is 12.7 Å². The van der Waals surface area contributed by atoms with E-state index in [-0.39, 0.29) is 31.5 Å². The van der Waals surface area contributed by atoms with Crippen molar-refractivity contribution in [1.29, 1.82) is 0 Å². The number of amides is 2. The number of methoxy groups -OCH3 is 1. The lowest BCUT2D eigenvalue weighted by atomic mass is 10.1. The third kappa shape index (κ3) is 6.18. The highest BCUT2D eigenvalue weighted by Gasteiger charge is 2.12. The Bertz CT molecular complexity index is 824. The first-order valence-corrected chi connectivity index (χ1v) is 8.87. The molecule has 0 aromatic heterocycles. The quantitative estimate of drug-likeness (QED) is 0.679. The van der Waals surface area contributed by atoms with E-state index in [1.807, 2.05) is 32.0 Å². The highest BCUT2D eigenvalue weighted by Crippen LogP contribution is 2.22. The lowest BCUT2D eigenvalue weighted by Crippen LogP contribution is -2.36. The van der Waals surface area contributed by atoms with Crippen LogP contribution in [0.4, 0.5) is 0 Å². The second kappa shape index (κ2) is 9.83. The lowest BCUT2D eigenvalue weighted by Gasteiger charge is -2.11. The Morgan fingerprint density at radius 3 is 2.41 bits per heavy atom. The number of ether oxygens (including phenoxy) is 2. The molecule has 2 aromatic rings. The van der Waals surface area contributed by atoms with Gasteiger partial charge in [0.2, 0.25) is 0 Å². The molecule has 0 heterocycles. The summed E-state index contributed by atoms with van der Waals surface area (Å²) in [6, 6.07) is 10.6. The molecule has 0 unspecified atom stereocenters. The van der Waals surface area contributed by atoms with Crippen LogP contribution in [0, 0.1) is 13.8 Å². The van der Waals surface area contributed by atoms with Gasteiger partial charge in [-0.05, 0) is 43.7 Å². The molecule has 7 heteroatoms. The zero-order valence-electron chi connectivity index (χ0n) is 15.6. The standard InChI is InChI=1S/C20H23ClN2O4/c1-13-4-6-17(14(2)10-13)27-12-19(24)22-8-9-23-20(25)16-11-15(21)5-7-18(16)26-3/h4-7,10-11H,8-9,12H2,1-3H3,(H,22,24)(H,23,25). The van der Waals surface area contributed by atoms with Gasteiger partial charge in [-0.25, -0.2) is 0 Å². The molecule has 6 nitrogen and oxygen atoms in total. The normalized spacial score (nSPS) is 10.2. The smallest absolute Gasteiger partial charge is 0.258 e. The predicted molar refractivity (Wildman–Crippen MR) is 105 cm³/mol. The van der Waals surface area contributed by atoms with Gasteiger partial charge in [0.25, 0.3) is 11.8 Å². The van der Waals surface area contributed by atoms with E-state index in [1.54, 1.807) is 12.1 Å². The summed E-state index contributed by atoms with van der Waals surface area (Å²) in [4.78, 5) is 24.1. The monoisotopic (exact) mass is 390 g/mol. The number of hydrogen-bond donors (Lipinski definition) is 2. The molecule has 0 saturated carbocycles. The number of hydrogen-bond acceptors (Lipinski definition) is 4. The molecule has 0 saturated heterocycles. The molecule has 0 bridgehead atoms. The minimum atomic E-state index is -0.324. The number of benzene rings is 2. The molecular weight excluding hydrogens is 368 g/mol. The number of halogens is 1. The molecule has 2 N–H and O–H groups in total. The Morgan fingerprint density at radius 2 is 1.70 bits per heavy atom. The van der Waals surface area contributed by atoms with E-state index in [9.17, 15) is 9.59 Å². The molecular formula is C20H23ClN2O4. The van der Waals surface area contributed by atoms with E-state index < -0.39 is 0 Å². The van der Waals surface area contributed by atoms with Crippen molar-refractivity contribution >= 4 is 23.4 Å². The van der Waals surface area contributed by atoms with Gasteiger partial charge in [0.1, 0.15) is 11.5 Å². The SMILES string of the molecule is COc1ccc(Cl)cc1C(=O)NCCNC(=O)COc1ccc(C)cc1C. The van der Waals surface area contributed by atoms with Crippen molar-refractivity contribution in [1.82, 2.24) is 10.6 Å². The minimum absolute atomic E-state index is 0.0834. The number of carbonyl (C=O) groups is 2. The Morgan fingerprint density at radius 1 is 1.00 bits per heavy atom. The van der Waals surface area contributed by atoms with E-state index in [0.717, 1.165) is 11.1 Å². The summed E-state index contributed by atoms with van der Waals surface area (Å²) in [5.74, 6) is 0.527. The molecule has 0 aliphatic heterocycles. The van der Waals surface area contributed by atoms with Crippen LogP contribution in [0.5, 0.6) is 11.5 Å². The largest absolute Gasteiger partial charge is 0.496 e. The van der Waals surface area contributed by atoms with Crippen LogP contribution in [0.15, 0.2) is 36.4 Å². The molecule has 0 aliphatic rings.